The van der Waals surface area contributed by atoms with Gasteiger partial charge in [0.2, 0.25) is 0 Å². The fourth-order valence-electron chi connectivity index (χ4n) is 4.20. The van der Waals surface area contributed by atoms with E-state index in [-0.39, 0.29) is 6.10 Å². The van der Waals surface area contributed by atoms with Gasteiger partial charge in [-0.3, -0.25) is 4.98 Å². The van der Waals surface area contributed by atoms with Crippen LogP contribution >= 0.6 is 11.3 Å². The first-order valence-corrected chi connectivity index (χ1v) is 12.1. The van der Waals surface area contributed by atoms with Crippen LogP contribution in [0.1, 0.15) is 36.8 Å². The van der Waals surface area contributed by atoms with Crippen LogP contribution in [0.25, 0.3) is 21.3 Å². The van der Waals surface area contributed by atoms with Crippen LogP contribution in [0.5, 0.6) is 0 Å². The van der Waals surface area contributed by atoms with Gasteiger partial charge in [0.1, 0.15) is 17.7 Å². The Morgan fingerprint density at radius 2 is 1.85 bits per heavy atom. The van der Waals surface area contributed by atoms with E-state index in [0.29, 0.717) is 24.0 Å². The number of fused-ring (bicyclic) bond motifs is 1. The SMILES string of the molecule is N#Cc1cncc(-c2ccc3nc(Nc4cc(CN)cc(N[C@H]5CC[C@H](O)CC5)n4)sc3c2)c1. The summed E-state index contributed by atoms with van der Waals surface area (Å²) in [4.78, 5) is 13.6. The van der Waals surface area contributed by atoms with Crippen molar-refractivity contribution in [2.75, 3.05) is 10.6 Å². The number of aromatic nitrogens is 3. The number of thiazole rings is 1. The Bertz CT molecular complexity index is 1360. The molecular formula is C25H25N7OS. The molecule has 0 atom stereocenters. The first-order valence-electron chi connectivity index (χ1n) is 11.3. The van der Waals surface area contributed by atoms with Crippen molar-refractivity contribution >= 4 is 38.3 Å². The Hall–Kier alpha value is -3.58. The largest absolute Gasteiger partial charge is 0.393 e. The lowest BCUT2D eigenvalue weighted by Gasteiger charge is -2.26. The number of nitrogens with one attached hydrogen (secondary N) is 2. The number of nitriles is 1. The highest BCUT2D eigenvalue weighted by atomic mass is 32.1. The van der Waals surface area contributed by atoms with Crippen LogP contribution < -0.4 is 16.4 Å². The van der Waals surface area contributed by atoms with E-state index in [9.17, 15) is 5.11 Å². The smallest absolute Gasteiger partial charge is 0.189 e. The molecule has 1 saturated carbocycles. The molecule has 1 aromatic carbocycles. The molecule has 34 heavy (non-hydrogen) atoms. The summed E-state index contributed by atoms with van der Waals surface area (Å²) in [5.41, 5.74) is 10.2. The van der Waals surface area contributed by atoms with E-state index >= 15 is 0 Å². The van der Waals surface area contributed by atoms with E-state index in [4.69, 9.17) is 21.0 Å². The Morgan fingerprint density at radius 1 is 1.03 bits per heavy atom. The molecule has 0 spiro atoms. The van der Waals surface area contributed by atoms with E-state index < -0.39 is 0 Å². The number of pyridine rings is 2. The molecular weight excluding hydrogens is 446 g/mol. The Morgan fingerprint density at radius 3 is 2.65 bits per heavy atom. The molecule has 0 saturated heterocycles. The van der Waals surface area contributed by atoms with Crippen molar-refractivity contribution in [1.82, 2.24) is 15.0 Å². The number of aliphatic hydroxyl groups is 1. The zero-order valence-corrected chi connectivity index (χ0v) is 19.3. The maximum absolute atomic E-state index is 9.76. The van der Waals surface area contributed by atoms with Gasteiger partial charge < -0.3 is 21.5 Å². The van der Waals surface area contributed by atoms with Crippen LogP contribution in [0.15, 0.2) is 48.8 Å². The fourth-order valence-corrected chi connectivity index (χ4v) is 5.11. The highest BCUT2D eigenvalue weighted by Crippen LogP contribution is 2.32. The Labute approximate surface area is 201 Å². The van der Waals surface area contributed by atoms with Crippen molar-refractivity contribution in [3.63, 3.8) is 0 Å². The average Bonchev–Trinajstić information content (AvgIpc) is 3.26. The molecule has 0 bridgehead atoms. The number of anilines is 3. The van der Waals surface area contributed by atoms with E-state index in [1.807, 2.05) is 30.3 Å². The van der Waals surface area contributed by atoms with E-state index in [2.05, 4.69) is 27.8 Å². The van der Waals surface area contributed by atoms with Gasteiger partial charge in [0.25, 0.3) is 0 Å². The molecule has 0 aliphatic heterocycles. The van der Waals surface area contributed by atoms with Gasteiger partial charge in [0, 0.05) is 30.5 Å². The molecule has 5 N–H and O–H groups in total. The molecule has 1 fully saturated rings. The van der Waals surface area contributed by atoms with Crippen molar-refractivity contribution in [2.45, 2.75) is 44.4 Å². The summed E-state index contributed by atoms with van der Waals surface area (Å²) in [5.74, 6) is 1.46. The van der Waals surface area contributed by atoms with Crippen LogP contribution in [-0.4, -0.2) is 32.2 Å². The summed E-state index contributed by atoms with van der Waals surface area (Å²) in [7, 11) is 0. The van der Waals surface area contributed by atoms with Crippen molar-refractivity contribution in [1.29, 1.82) is 5.26 Å². The average molecular weight is 472 g/mol. The third-order valence-electron chi connectivity index (χ3n) is 5.99. The highest BCUT2D eigenvalue weighted by Gasteiger charge is 2.20. The Balaban J connectivity index is 1.37. The van der Waals surface area contributed by atoms with Gasteiger partial charge in [-0.05, 0) is 67.1 Å². The minimum Gasteiger partial charge on any atom is -0.393 e. The lowest BCUT2D eigenvalue weighted by molar-refractivity contribution is 0.126. The van der Waals surface area contributed by atoms with Gasteiger partial charge in [0.15, 0.2) is 5.13 Å². The molecule has 9 heteroatoms. The van der Waals surface area contributed by atoms with Crippen LogP contribution in [0, 0.1) is 11.3 Å². The zero-order chi connectivity index (χ0) is 23.5. The molecule has 8 nitrogen and oxygen atoms in total. The van der Waals surface area contributed by atoms with Crippen molar-refractivity contribution < 1.29 is 5.11 Å². The standard InChI is InChI=1S/C25H25N7OS/c26-11-15-8-23(29-19-2-4-20(33)5-3-19)31-24(9-15)32-25-30-21-6-1-17(10-22(21)34-25)18-7-16(12-27)13-28-14-18/h1,6-10,13-14,19-20,33H,2-5,11,26H2,(H2,29,30,31,32)/t19-,20-. The molecule has 3 heterocycles. The predicted molar refractivity (Wildman–Crippen MR) is 135 cm³/mol. The second kappa shape index (κ2) is 9.73. The predicted octanol–water partition coefficient (Wildman–Crippen LogP) is 4.54. The van der Waals surface area contributed by atoms with Crippen molar-refractivity contribution in [3.8, 4) is 17.2 Å². The number of hydrogen-bond donors (Lipinski definition) is 4. The summed E-state index contributed by atoms with van der Waals surface area (Å²) >= 11 is 1.54. The molecule has 0 radical (unpaired) electrons. The molecule has 0 amide bonds. The van der Waals surface area contributed by atoms with E-state index in [0.717, 1.165) is 63.5 Å². The van der Waals surface area contributed by atoms with Gasteiger partial charge in [-0.15, -0.1) is 0 Å². The van der Waals surface area contributed by atoms with Gasteiger partial charge in [-0.2, -0.15) is 5.26 Å². The van der Waals surface area contributed by atoms with Crippen LogP contribution in [0.2, 0.25) is 0 Å². The highest BCUT2D eigenvalue weighted by molar-refractivity contribution is 7.22. The van der Waals surface area contributed by atoms with Crippen molar-refractivity contribution in [3.05, 3.63) is 59.9 Å². The first-order chi connectivity index (χ1) is 16.6. The van der Waals surface area contributed by atoms with Gasteiger partial charge >= 0.3 is 0 Å². The summed E-state index contributed by atoms with van der Waals surface area (Å²) in [6.45, 7) is 0.411. The summed E-state index contributed by atoms with van der Waals surface area (Å²) < 4.78 is 1.02. The number of nitrogens with two attached hydrogens (primary N) is 1. The number of hydrogen-bond acceptors (Lipinski definition) is 9. The maximum atomic E-state index is 9.76. The number of rotatable bonds is 6. The lowest BCUT2D eigenvalue weighted by atomic mass is 9.93. The first kappa shape index (κ1) is 22.2. The number of aliphatic hydroxyl groups excluding tert-OH is 1. The van der Waals surface area contributed by atoms with Crippen LogP contribution in [0.4, 0.5) is 16.8 Å². The minimum atomic E-state index is -0.190. The molecule has 1 aliphatic rings. The van der Waals surface area contributed by atoms with Gasteiger partial charge in [0.05, 0.1) is 21.9 Å². The van der Waals surface area contributed by atoms with Crippen LogP contribution in [-0.2, 0) is 6.54 Å². The molecule has 3 aromatic heterocycles. The maximum Gasteiger partial charge on any atom is 0.189 e. The van der Waals surface area contributed by atoms with Crippen molar-refractivity contribution in [2.24, 2.45) is 5.73 Å². The Kier molecular flexibility index (Phi) is 6.36. The van der Waals surface area contributed by atoms with Gasteiger partial charge in [-0.25, -0.2) is 9.97 Å². The lowest BCUT2D eigenvalue weighted by Crippen LogP contribution is -2.28. The molecule has 1 aliphatic carbocycles. The second-order valence-corrected chi connectivity index (χ2v) is 9.53. The van der Waals surface area contributed by atoms with Gasteiger partial charge in [-0.1, -0.05) is 17.4 Å². The molecule has 5 rings (SSSR count). The van der Waals surface area contributed by atoms with Crippen LogP contribution in [0.3, 0.4) is 0 Å². The summed E-state index contributed by atoms with van der Waals surface area (Å²) in [6, 6.07) is 14.2. The number of nitrogens with zero attached hydrogens (tertiary/aromatic N) is 4. The summed E-state index contributed by atoms with van der Waals surface area (Å²) in [5, 5.41) is 26.5. The van der Waals surface area contributed by atoms with E-state index in [1.165, 1.54) is 11.3 Å². The van der Waals surface area contributed by atoms with E-state index in [1.54, 1.807) is 12.4 Å². The molecule has 172 valence electrons. The molecule has 4 aromatic rings. The zero-order valence-electron chi connectivity index (χ0n) is 18.5. The second-order valence-electron chi connectivity index (χ2n) is 8.50. The third-order valence-corrected chi connectivity index (χ3v) is 6.93. The quantitative estimate of drug-likeness (QED) is 0.322. The third kappa shape index (κ3) is 4.99. The topological polar surface area (TPSA) is 133 Å². The summed E-state index contributed by atoms with van der Waals surface area (Å²) in [6.07, 6.45) is 6.58. The minimum absolute atomic E-state index is 0.190. The number of benzene rings is 1. The monoisotopic (exact) mass is 471 g/mol. The molecule has 0 unspecified atom stereocenters. The normalized spacial score (nSPS) is 17.9. The fraction of sp³-hybridized carbons (Fsp3) is 0.280.